The number of nitrogen functional groups attached to an aromatic ring is 1. The molecule has 5 rings (SSSR count). The van der Waals surface area contributed by atoms with Gasteiger partial charge in [0, 0.05) is 37.1 Å². The van der Waals surface area contributed by atoms with E-state index >= 15 is 0 Å². The topological polar surface area (TPSA) is 71.7 Å². The van der Waals surface area contributed by atoms with E-state index in [0.29, 0.717) is 24.9 Å². The molecule has 3 heterocycles. The fraction of sp³-hybridized carbons (Fsp3) is 0.407. The first-order valence-corrected chi connectivity index (χ1v) is 11.9. The number of hydrogen-bond acceptors (Lipinski definition) is 5. The number of nitrogens with zero attached hydrogens (tertiary/aromatic N) is 3. The number of benzene rings is 2. The molecule has 2 aromatic carbocycles. The molecule has 6 nitrogen and oxygen atoms in total. The maximum atomic E-state index is 13.5. The highest BCUT2D eigenvalue weighted by molar-refractivity contribution is 6.03. The lowest BCUT2D eigenvalue weighted by Crippen LogP contribution is -2.39. The molecule has 2 saturated heterocycles. The van der Waals surface area contributed by atoms with Gasteiger partial charge in [-0.1, -0.05) is 25.1 Å². The van der Waals surface area contributed by atoms with Crippen LogP contribution < -0.4 is 10.6 Å². The van der Waals surface area contributed by atoms with Crippen LogP contribution in [0.2, 0.25) is 0 Å². The number of ether oxygens (including phenoxy) is 1. The molecule has 0 spiro atoms. The zero-order valence-electron chi connectivity index (χ0n) is 19.5. The Morgan fingerprint density at radius 3 is 2.73 bits per heavy atom. The Balaban J connectivity index is 1.56. The van der Waals surface area contributed by atoms with Crippen LogP contribution in [0, 0.1) is 12.8 Å². The summed E-state index contributed by atoms with van der Waals surface area (Å²) in [5, 5.41) is 1.02. The van der Waals surface area contributed by atoms with E-state index < -0.39 is 0 Å². The van der Waals surface area contributed by atoms with Crippen LogP contribution in [-0.2, 0) is 4.74 Å². The quantitative estimate of drug-likeness (QED) is 0.644. The third-order valence-corrected chi connectivity index (χ3v) is 6.91. The molecule has 33 heavy (non-hydrogen) atoms. The predicted octanol–water partition coefficient (Wildman–Crippen LogP) is 4.50. The number of piperidine rings is 1. The number of likely N-dealkylation sites (tertiary alicyclic amines) is 1. The number of pyridine rings is 1. The molecular weight excluding hydrogens is 412 g/mol. The Kier molecular flexibility index (Phi) is 5.94. The first-order valence-electron chi connectivity index (χ1n) is 11.9. The second-order valence-corrected chi connectivity index (χ2v) is 9.40. The molecule has 6 heteroatoms. The van der Waals surface area contributed by atoms with Gasteiger partial charge in [0.1, 0.15) is 5.82 Å². The van der Waals surface area contributed by atoms with Crippen LogP contribution in [0.5, 0.6) is 0 Å². The number of amides is 1. The van der Waals surface area contributed by atoms with Gasteiger partial charge in [-0.05, 0) is 66.6 Å². The summed E-state index contributed by atoms with van der Waals surface area (Å²) >= 11 is 0. The molecule has 0 radical (unpaired) electrons. The van der Waals surface area contributed by atoms with Crippen molar-refractivity contribution in [2.45, 2.75) is 26.7 Å². The second kappa shape index (κ2) is 9.02. The van der Waals surface area contributed by atoms with Crippen molar-refractivity contribution in [1.29, 1.82) is 0 Å². The number of hydrogen-bond donors (Lipinski definition) is 1. The first-order chi connectivity index (χ1) is 16.0. The van der Waals surface area contributed by atoms with E-state index in [1.54, 1.807) is 0 Å². The molecule has 2 aliphatic heterocycles. The summed E-state index contributed by atoms with van der Waals surface area (Å²) in [6.45, 7) is 8.98. The highest BCUT2D eigenvalue weighted by Crippen LogP contribution is 2.34. The monoisotopic (exact) mass is 444 g/mol. The molecule has 2 N–H and O–H groups in total. The number of carbonyl (C=O) groups is 1. The third-order valence-electron chi connectivity index (χ3n) is 6.91. The molecule has 1 unspecified atom stereocenters. The Labute approximate surface area is 195 Å². The largest absolute Gasteiger partial charge is 0.382 e. The third kappa shape index (κ3) is 4.27. The smallest absolute Gasteiger partial charge is 0.254 e. The van der Waals surface area contributed by atoms with Crippen molar-refractivity contribution in [3.05, 3.63) is 53.6 Å². The van der Waals surface area contributed by atoms with Crippen LogP contribution in [0.25, 0.3) is 22.0 Å². The SMILES string of the molecule is Cc1cccc(C(=O)N2CCCC(C)C2)c1-c1ccc2nc(N)c(N3CCOCC3)cc2c1. The summed E-state index contributed by atoms with van der Waals surface area (Å²) < 4.78 is 5.49. The van der Waals surface area contributed by atoms with Gasteiger partial charge in [0.05, 0.1) is 24.4 Å². The summed E-state index contributed by atoms with van der Waals surface area (Å²) in [5.41, 5.74) is 12.0. The lowest BCUT2D eigenvalue weighted by Gasteiger charge is -2.31. The fourth-order valence-electron chi connectivity index (χ4n) is 5.17. The van der Waals surface area contributed by atoms with Crippen molar-refractivity contribution in [3.8, 4) is 11.1 Å². The Morgan fingerprint density at radius 2 is 1.94 bits per heavy atom. The van der Waals surface area contributed by atoms with Gasteiger partial charge in [-0.3, -0.25) is 4.79 Å². The molecule has 3 aromatic rings. The van der Waals surface area contributed by atoms with Crippen LogP contribution in [0.1, 0.15) is 35.7 Å². The lowest BCUT2D eigenvalue weighted by atomic mass is 9.92. The maximum Gasteiger partial charge on any atom is 0.254 e. The highest BCUT2D eigenvalue weighted by atomic mass is 16.5. The van der Waals surface area contributed by atoms with Gasteiger partial charge in [0.2, 0.25) is 0 Å². The minimum atomic E-state index is 0.129. The van der Waals surface area contributed by atoms with Crippen LogP contribution in [0.4, 0.5) is 11.5 Å². The molecule has 2 aliphatic rings. The van der Waals surface area contributed by atoms with Gasteiger partial charge in [-0.25, -0.2) is 4.98 Å². The van der Waals surface area contributed by atoms with Crippen LogP contribution in [0.15, 0.2) is 42.5 Å². The van der Waals surface area contributed by atoms with Crippen LogP contribution in [0.3, 0.4) is 0 Å². The number of aromatic nitrogens is 1. The Morgan fingerprint density at radius 1 is 1.12 bits per heavy atom. The van der Waals surface area contributed by atoms with E-state index in [1.807, 2.05) is 23.1 Å². The van der Waals surface area contributed by atoms with E-state index in [1.165, 1.54) is 6.42 Å². The fourth-order valence-corrected chi connectivity index (χ4v) is 5.17. The molecule has 2 fully saturated rings. The normalized spacial score (nSPS) is 19.2. The summed E-state index contributed by atoms with van der Waals surface area (Å²) in [5.74, 6) is 1.22. The molecular formula is C27H32N4O2. The number of fused-ring (bicyclic) bond motifs is 1. The van der Waals surface area contributed by atoms with Crippen molar-refractivity contribution in [2.24, 2.45) is 5.92 Å². The van der Waals surface area contributed by atoms with Gasteiger partial charge in [0.25, 0.3) is 5.91 Å². The standard InChI is InChI=1S/C27H32N4O2/c1-18-5-4-10-31(17-18)27(32)22-7-3-6-19(2)25(22)20-8-9-23-21(15-20)16-24(26(28)29-23)30-11-13-33-14-12-30/h3,6-9,15-16,18H,4-5,10-14,17H2,1-2H3,(H2,28,29). The predicted molar refractivity (Wildman–Crippen MR) is 134 cm³/mol. The number of morpholine rings is 1. The van der Waals surface area contributed by atoms with E-state index in [9.17, 15) is 4.79 Å². The summed E-state index contributed by atoms with van der Waals surface area (Å²) in [4.78, 5) is 22.5. The minimum absolute atomic E-state index is 0.129. The maximum absolute atomic E-state index is 13.5. The van der Waals surface area contributed by atoms with Crippen molar-refractivity contribution in [1.82, 2.24) is 9.88 Å². The van der Waals surface area contributed by atoms with Crippen LogP contribution >= 0.6 is 0 Å². The van der Waals surface area contributed by atoms with E-state index in [0.717, 1.165) is 71.4 Å². The van der Waals surface area contributed by atoms with Gasteiger partial charge in [0.15, 0.2) is 0 Å². The molecule has 1 atom stereocenters. The van der Waals surface area contributed by atoms with Crippen molar-refractivity contribution in [3.63, 3.8) is 0 Å². The van der Waals surface area contributed by atoms with Gasteiger partial charge in [-0.15, -0.1) is 0 Å². The van der Waals surface area contributed by atoms with Gasteiger partial charge < -0.3 is 20.3 Å². The van der Waals surface area contributed by atoms with E-state index in [-0.39, 0.29) is 5.91 Å². The molecule has 1 amide bonds. The zero-order valence-corrected chi connectivity index (χ0v) is 19.5. The zero-order chi connectivity index (χ0) is 22.9. The van der Waals surface area contributed by atoms with Crippen LogP contribution in [-0.4, -0.2) is 55.2 Å². The highest BCUT2D eigenvalue weighted by Gasteiger charge is 2.25. The number of carbonyl (C=O) groups excluding carboxylic acids is 1. The summed E-state index contributed by atoms with van der Waals surface area (Å²) in [6, 6.07) is 14.4. The molecule has 0 aliphatic carbocycles. The summed E-state index contributed by atoms with van der Waals surface area (Å²) in [6.07, 6.45) is 2.26. The van der Waals surface area contributed by atoms with Crippen molar-refractivity contribution in [2.75, 3.05) is 50.0 Å². The lowest BCUT2D eigenvalue weighted by molar-refractivity contribution is 0.0683. The van der Waals surface area contributed by atoms with E-state index in [4.69, 9.17) is 10.5 Å². The number of nitrogens with two attached hydrogens (primary N) is 1. The molecule has 0 bridgehead atoms. The number of rotatable bonds is 3. The van der Waals surface area contributed by atoms with E-state index in [2.05, 4.69) is 48.0 Å². The molecule has 0 saturated carbocycles. The average molecular weight is 445 g/mol. The second-order valence-electron chi connectivity index (χ2n) is 9.40. The number of aryl methyl sites for hydroxylation is 1. The Hall–Kier alpha value is -3.12. The van der Waals surface area contributed by atoms with Gasteiger partial charge in [-0.2, -0.15) is 0 Å². The average Bonchev–Trinajstić information content (AvgIpc) is 2.83. The first kappa shape index (κ1) is 21.7. The van der Waals surface area contributed by atoms with Crippen molar-refractivity contribution < 1.29 is 9.53 Å². The van der Waals surface area contributed by atoms with Crippen molar-refractivity contribution >= 4 is 28.3 Å². The number of anilines is 2. The summed E-state index contributed by atoms with van der Waals surface area (Å²) in [7, 11) is 0. The molecule has 1 aromatic heterocycles. The minimum Gasteiger partial charge on any atom is -0.382 e. The van der Waals surface area contributed by atoms with Gasteiger partial charge >= 0.3 is 0 Å². The molecule has 172 valence electrons. The Bertz CT molecular complexity index is 1190.